The van der Waals surface area contributed by atoms with Gasteiger partial charge < -0.3 is 0 Å². The molecule has 1 saturated carbocycles. The number of rotatable bonds is 1. The van der Waals surface area contributed by atoms with E-state index in [0.29, 0.717) is 11.3 Å². The maximum atomic E-state index is 6.02. The highest BCUT2D eigenvalue weighted by molar-refractivity contribution is 6.23. The average molecular weight is 209 g/mol. The van der Waals surface area contributed by atoms with Gasteiger partial charge in [0.15, 0.2) is 0 Å². The van der Waals surface area contributed by atoms with Crippen LogP contribution in [0.4, 0.5) is 0 Å². The summed E-state index contributed by atoms with van der Waals surface area (Å²) in [5, 5.41) is 0.385. The van der Waals surface area contributed by atoms with Crippen molar-refractivity contribution < 1.29 is 0 Å². The Morgan fingerprint density at radius 2 is 1.64 bits per heavy atom. The molecule has 2 unspecified atom stereocenters. The highest BCUT2D eigenvalue weighted by atomic mass is 35.5. The Kier molecular flexibility index (Phi) is 2.35. The summed E-state index contributed by atoms with van der Waals surface area (Å²) in [4.78, 5) is 0. The van der Waals surface area contributed by atoms with Crippen LogP contribution in [0.15, 0.2) is 24.3 Å². The molecule has 2 rings (SSSR count). The monoisotopic (exact) mass is 208 g/mol. The summed E-state index contributed by atoms with van der Waals surface area (Å²) >= 11 is 6.02. The van der Waals surface area contributed by atoms with E-state index in [1.54, 1.807) is 0 Å². The first-order valence-corrected chi connectivity index (χ1v) is 5.66. The van der Waals surface area contributed by atoms with Gasteiger partial charge >= 0.3 is 0 Å². The van der Waals surface area contributed by atoms with E-state index < -0.39 is 0 Å². The van der Waals surface area contributed by atoms with Crippen LogP contribution in [0.1, 0.15) is 44.2 Å². The first-order valence-electron chi connectivity index (χ1n) is 5.23. The molecule has 0 saturated heterocycles. The molecule has 0 heterocycles. The van der Waals surface area contributed by atoms with Crippen LogP contribution in [0.2, 0.25) is 0 Å². The number of halogens is 1. The first kappa shape index (κ1) is 10.0. The van der Waals surface area contributed by atoms with E-state index in [-0.39, 0.29) is 5.41 Å². The summed E-state index contributed by atoms with van der Waals surface area (Å²) in [6, 6.07) is 8.93. The minimum atomic E-state index is 0.252. The van der Waals surface area contributed by atoms with Gasteiger partial charge in [-0.05, 0) is 23.0 Å². The molecule has 76 valence electrons. The number of benzene rings is 1. The van der Waals surface area contributed by atoms with E-state index >= 15 is 0 Å². The van der Waals surface area contributed by atoms with E-state index in [1.807, 2.05) is 0 Å². The van der Waals surface area contributed by atoms with E-state index in [1.165, 1.54) is 11.1 Å². The van der Waals surface area contributed by atoms with Crippen LogP contribution in [0.5, 0.6) is 0 Å². The molecule has 2 atom stereocenters. The Morgan fingerprint density at radius 1 is 1.14 bits per heavy atom. The number of hydrogen-bond donors (Lipinski definition) is 0. The summed E-state index contributed by atoms with van der Waals surface area (Å²) in [5.41, 5.74) is 3.05. The fourth-order valence-electron chi connectivity index (χ4n) is 1.74. The van der Waals surface area contributed by atoms with Gasteiger partial charge in [-0.25, -0.2) is 0 Å². The topological polar surface area (TPSA) is 0 Å². The molecular formula is C13H17Cl. The summed E-state index contributed by atoms with van der Waals surface area (Å²) in [7, 11) is 0. The SMILES string of the molecule is CC(C)(C)c1ccc(C2CC2Cl)cc1. The van der Waals surface area contributed by atoms with Crippen LogP contribution in [-0.2, 0) is 5.41 Å². The van der Waals surface area contributed by atoms with Crippen LogP contribution in [0.3, 0.4) is 0 Å². The van der Waals surface area contributed by atoms with Crippen molar-refractivity contribution in [2.24, 2.45) is 0 Å². The van der Waals surface area contributed by atoms with Gasteiger partial charge in [0, 0.05) is 11.3 Å². The van der Waals surface area contributed by atoms with Gasteiger partial charge in [-0.1, -0.05) is 45.0 Å². The van der Waals surface area contributed by atoms with Gasteiger partial charge in [0.25, 0.3) is 0 Å². The number of hydrogen-bond acceptors (Lipinski definition) is 0. The molecule has 1 aliphatic carbocycles. The molecule has 0 aromatic heterocycles. The predicted octanol–water partition coefficient (Wildman–Crippen LogP) is 4.08. The fourth-order valence-corrected chi connectivity index (χ4v) is 2.08. The summed E-state index contributed by atoms with van der Waals surface area (Å²) < 4.78 is 0. The van der Waals surface area contributed by atoms with Crippen LogP contribution in [0.25, 0.3) is 0 Å². The Labute approximate surface area is 91.3 Å². The molecule has 0 N–H and O–H groups in total. The van der Waals surface area contributed by atoms with Crippen LogP contribution >= 0.6 is 11.6 Å². The number of alkyl halides is 1. The molecular weight excluding hydrogens is 192 g/mol. The third kappa shape index (κ3) is 1.95. The maximum absolute atomic E-state index is 6.02. The van der Waals surface area contributed by atoms with Gasteiger partial charge in [0.2, 0.25) is 0 Å². The van der Waals surface area contributed by atoms with E-state index in [9.17, 15) is 0 Å². The second kappa shape index (κ2) is 3.27. The van der Waals surface area contributed by atoms with Crippen LogP contribution in [0, 0.1) is 0 Å². The Bertz CT molecular complexity index is 318. The Morgan fingerprint density at radius 3 is 2.00 bits per heavy atom. The van der Waals surface area contributed by atoms with Crippen molar-refractivity contribution in [2.45, 2.75) is 43.9 Å². The van der Waals surface area contributed by atoms with Crippen molar-refractivity contribution in [3.63, 3.8) is 0 Å². The summed E-state index contributed by atoms with van der Waals surface area (Å²) in [6.45, 7) is 6.72. The molecule has 0 nitrogen and oxygen atoms in total. The van der Waals surface area contributed by atoms with Crippen molar-refractivity contribution in [3.8, 4) is 0 Å². The van der Waals surface area contributed by atoms with E-state index in [0.717, 1.165) is 6.42 Å². The highest BCUT2D eigenvalue weighted by Gasteiger charge is 2.36. The van der Waals surface area contributed by atoms with Crippen LogP contribution in [-0.4, -0.2) is 5.38 Å². The predicted molar refractivity (Wildman–Crippen MR) is 62.1 cm³/mol. The normalized spacial score (nSPS) is 26.3. The molecule has 0 aliphatic heterocycles. The molecule has 0 amide bonds. The molecule has 1 heteroatoms. The van der Waals surface area contributed by atoms with Crippen molar-refractivity contribution in [1.29, 1.82) is 0 Å². The second-order valence-electron chi connectivity index (χ2n) is 5.23. The Balaban J connectivity index is 2.18. The van der Waals surface area contributed by atoms with Gasteiger partial charge in [0.05, 0.1) is 0 Å². The lowest BCUT2D eigenvalue weighted by Crippen LogP contribution is -2.10. The lowest BCUT2D eigenvalue weighted by atomic mass is 9.86. The minimum Gasteiger partial charge on any atom is -0.122 e. The van der Waals surface area contributed by atoms with Gasteiger partial charge in [-0.2, -0.15) is 0 Å². The Hall–Kier alpha value is -0.490. The van der Waals surface area contributed by atoms with Crippen molar-refractivity contribution >= 4 is 11.6 Å². The molecule has 1 aromatic rings. The lowest BCUT2D eigenvalue weighted by molar-refractivity contribution is 0.590. The van der Waals surface area contributed by atoms with Gasteiger partial charge in [-0.15, -0.1) is 11.6 Å². The zero-order valence-corrected chi connectivity index (χ0v) is 9.81. The zero-order valence-electron chi connectivity index (χ0n) is 9.05. The molecule has 0 spiro atoms. The largest absolute Gasteiger partial charge is 0.122 e. The summed E-state index contributed by atoms with van der Waals surface area (Å²) in [5.74, 6) is 0.616. The quantitative estimate of drug-likeness (QED) is 0.611. The molecule has 0 radical (unpaired) electrons. The van der Waals surface area contributed by atoms with Gasteiger partial charge in [0.1, 0.15) is 0 Å². The van der Waals surface area contributed by atoms with E-state index in [2.05, 4.69) is 45.0 Å². The van der Waals surface area contributed by atoms with E-state index in [4.69, 9.17) is 11.6 Å². The highest BCUT2D eigenvalue weighted by Crippen LogP contribution is 2.45. The van der Waals surface area contributed by atoms with Crippen molar-refractivity contribution in [2.75, 3.05) is 0 Å². The molecule has 14 heavy (non-hydrogen) atoms. The average Bonchev–Trinajstić information content (AvgIpc) is 2.81. The smallest absolute Gasteiger partial charge is 0.0411 e. The molecule has 1 fully saturated rings. The van der Waals surface area contributed by atoms with Crippen LogP contribution < -0.4 is 0 Å². The van der Waals surface area contributed by atoms with Crippen molar-refractivity contribution in [3.05, 3.63) is 35.4 Å². The lowest BCUT2D eigenvalue weighted by Gasteiger charge is -2.19. The first-order chi connectivity index (χ1) is 6.48. The van der Waals surface area contributed by atoms with Crippen molar-refractivity contribution in [1.82, 2.24) is 0 Å². The third-order valence-corrected chi connectivity index (χ3v) is 3.40. The standard InChI is InChI=1S/C13H17Cl/c1-13(2,3)10-6-4-9(5-7-10)11-8-12(11)14/h4-7,11-12H,8H2,1-3H3. The minimum absolute atomic E-state index is 0.252. The zero-order chi connectivity index (χ0) is 10.3. The second-order valence-corrected chi connectivity index (χ2v) is 5.79. The third-order valence-electron chi connectivity index (χ3n) is 2.92. The fraction of sp³-hybridized carbons (Fsp3) is 0.538. The van der Waals surface area contributed by atoms with Gasteiger partial charge in [-0.3, -0.25) is 0 Å². The summed E-state index contributed by atoms with van der Waals surface area (Å²) in [6.07, 6.45) is 1.15. The molecule has 1 aromatic carbocycles. The molecule has 1 aliphatic rings. The maximum Gasteiger partial charge on any atom is 0.0411 e. The molecule has 0 bridgehead atoms.